The Hall–Kier alpha value is -1.84. The predicted molar refractivity (Wildman–Crippen MR) is 54.9 cm³/mol. The number of aryl methyl sites for hydroxylation is 1. The van der Waals surface area contributed by atoms with E-state index in [1.165, 1.54) is 0 Å². The van der Waals surface area contributed by atoms with Crippen LogP contribution >= 0.6 is 0 Å². The van der Waals surface area contributed by atoms with E-state index < -0.39 is 0 Å². The minimum atomic E-state index is -0.200. The first-order valence-electron chi connectivity index (χ1n) is 4.21. The number of nitrogens with zero attached hydrogens (tertiary/aromatic N) is 2. The van der Waals surface area contributed by atoms with Crippen LogP contribution in [0.2, 0.25) is 0 Å². The standard InChI is InChI=1S/C10H13N3O/c1-4-8(2)7-11-10(14)9-5-6-13(3)12-9/h4-6H,1-2,7H2,3H3,(H,11,14). The van der Waals surface area contributed by atoms with Crippen molar-refractivity contribution in [1.82, 2.24) is 15.1 Å². The second-order valence-corrected chi connectivity index (χ2v) is 2.92. The molecule has 0 aromatic carbocycles. The second-order valence-electron chi connectivity index (χ2n) is 2.92. The molecule has 0 bridgehead atoms. The van der Waals surface area contributed by atoms with Crippen molar-refractivity contribution in [3.8, 4) is 0 Å². The molecule has 74 valence electrons. The highest BCUT2D eigenvalue weighted by molar-refractivity contribution is 5.92. The maximum Gasteiger partial charge on any atom is 0.272 e. The number of hydrogen-bond acceptors (Lipinski definition) is 2. The Morgan fingerprint density at radius 2 is 2.50 bits per heavy atom. The summed E-state index contributed by atoms with van der Waals surface area (Å²) in [6, 6.07) is 1.66. The molecule has 0 saturated heterocycles. The van der Waals surface area contributed by atoms with Gasteiger partial charge in [0.2, 0.25) is 0 Å². The van der Waals surface area contributed by atoms with E-state index in [9.17, 15) is 4.79 Å². The average Bonchev–Trinajstić information content (AvgIpc) is 2.60. The van der Waals surface area contributed by atoms with Crippen molar-refractivity contribution in [1.29, 1.82) is 0 Å². The first-order valence-corrected chi connectivity index (χ1v) is 4.21. The quantitative estimate of drug-likeness (QED) is 0.718. The molecule has 0 fully saturated rings. The van der Waals surface area contributed by atoms with Gasteiger partial charge in [-0.3, -0.25) is 9.48 Å². The molecule has 1 aromatic rings. The summed E-state index contributed by atoms with van der Waals surface area (Å²) in [5, 5.41) is 6.64. The molecule has 4 heteroatoms. The zero-order valence-corrected chi connectivity index (χ0v) is 8.16. The summed E-state index contributed by atoms with van der Waals surface area (Å²) in [5.74, 6) is -0.200. The molecule has 0 aliphatic rings. The molecule has 1 amide bonds. The topological polar surface area (TPSA) is 46.9 Å². The third kappa shape index (κ3) is 2.58. The average molecular weight is 191 g/mol. The van der Waals surface area contributed by atoms with Crippen molar-refractivity contribution in [2.75, 3.05) is 6.54 Å². The number of carbonyl (C=O) groups excluding carboxylic acids is 1. The van der Waals surface area contributed by atoms with Gasteiger partial charge in [-0.25, -0.2) is 0 Å². The molecule has 1 N–H and O–H groups in total. The summed E-state index contributed by atoms with van der Waals surface area (Å²) >= 11 is 0. The van der Waals surface area contributed by atoms with E-state index in [0.29, 0.717) is 12.2 Å². The molecule has 1 aromatic heterocycles. The fourth-order valence-electron chi connectivity index (χ4n) is 0.893. The third-order valence-corrected chi connectivity index (χ3v) is 1.71. The lowest BCUT2D eigenvalue weighted by Crippen LogP contribution is -2.25. The van der Waals surface area contributed by atoms with Crippen molar-refractivity contribution in [3.63, 3.8) is 0 Å². The highest BCUT2D eigenvalue weighted by Crippen LogP contribution is 1.94. The summed E-state index contributed by atoms with van der Waals surface area (Å²) in [6.45, 7) is 7.63. The van der Waals surface area contributed by atoms with Gasteiger partial charge in [0.1, 0.15) is 5.69 Å². The van der Waals surface area contributed by atoms with Gasteiger partial charge in [0.15, 0.2) is 0 Å². The molecule has 0 radical (unpaired) electrons. The molecular weight excluding hydrogens is 178 g/mol. The Balaban J connectivity index is 2.51. The van der Waals surface area contributed by atoms with Crippen molar-refractivity contribution < 1.29 is 4.79 Å². The van der Waals surface area contributed by atoms with Crippen LogP contribution in [0.25, 0.3) is 0 Å². The summed E-state index contributed by atoms with van der Waals surface area (Å²) in [5.41, 5.74) is 1.18. The van der Waals surface area contributed by atoms with Crippen molar-refractivity contribution >= 4 is 5.91 Å². The SMILES string of the molecule is C=CC(=C)CNC(=O)c1ccn(C)n1. The Kier molecular flexibility index (Phi) is 3.23. The smallest absolute Gasteiger partial charge is 0.272 e. The number of nitrogens with one attached hydrogen (secondary N) is 1. The Morgan fingerprint density at radius 1 is 1.79 bits per heavy atom. The van der Waals surface area contributed by atoms with Gasteiger partial charge >= 0.3 is 0 Å². The van der Waals surface area contributed by atoms with Gasteiger partial charge in [-0.2, -0.15) is 5.10 Å². The van der Waals surface area contributed by atoms with Crippen LogP contribution in [0.15, 0.2) is 37.1 Å². The number of rotatable bonds is 4. The predicted octanol–water partition coefficient (Wildman–Crippen LogP) is 0.892. The first kappa shape index (κ1) is 10.2. The van der Waals surface area contributed by atoms with Gasteiger partial charge in [0, 0.05) is 19.8 Å². The van der Waals surface area contributed by atoms with Gasteiger partial charge < -0.3 is 5.32 Å². The number of aromatic nitrogens is 2. The molecule has 14 heavy (non-hydrogen) atoms. The van der Waals surface area contributed by atoms with Crippen LogP contribution in [-0.2, 0) is 7.05 Å². The summed E-state index contributed by atoms with van der Waals surface area (Å²) in [6.07, 6.45) is 3.33. The normalized spacial score (nSPS) is 9.50. The summed E-state index contributed by atoms with van der Waals surface area (Å²) in [7, 11) is 1.76. The molecular formula is C10H13N3O. The first-order chi connectivity index (χ1) is 6.63. The van der Waals surface area contributed by atoms with Crippen molar-refractivity contribution in [3.05, 3.63) is 42.8 Å². The van der Waals surface area contributed by atoms with Crippen LogP contribution in [0, 0.1) is 0 Å². The van der Waals surface area contributed by atoms with Gasteiger partial charge in [-0.1, -0.05) is 19.2 Å². The van der Waals surface area contributed by atoms with Crippen LogP contribution < -0.4 is 5.32 Å². The molecule has 0 aliphatic carbocycles. The maximum absolute atomic E-state index is 11.4. The molecule has 4 nitrogen and oxygen atoms in total. The zero-order valence-electron chi connectivity index (χ0n) is 8.16. The summed E-state index contributed by atoms with van der Waals surface area (Å²) in [4.78, 5) is 11.4. The van der Waals surface area contributed by atoms with Crippen LogP contribution in [0.4, 0.5) is 0 Å². The van der Waals surface area contributed by atoms with Crippen molar-refractivity contribution in [2.45, 2.75) is 0 Å². The van der Waals surface area contributed by atoms with Crippen LogP contribution in [0.3, 0.4) is 0 Å². The molecule has 0 spiro atoms. The van der Waals surface area contributed by atoms with Crippen LogP contribution in [-0.4, -0.2) is 22.2 Å². The van der Waals surface area contributed by atoms with E-state index in [2.05, 4.69) is 23.6 Å². The Labute approximate surface area is 82.9 Å². The van der Waals surface area contributed by atoms with E-state index in [4.69, 9.17) is 0 Å². The molecule has 1 heterocycles. The molecule has 0 atom stereocenters. The maximum atomic E-state index is 11.4. The minimum absolute atomic E-state index is 0.200. The highest BCUT2D eigenvalue weighted by atomic mass is 16.1. The van der Waals surface area contributed by atoms with Gasteiger partial charge in [0.25, 0.3) is 5.91 Å². The highest BCUT2D eigenvalue weighted by Gasteiger charge is 2.07. The molecule has 0 aliphatic heterocycles. The Bertz CT molecular complexity index is 365. The Morgan fingerprint density at radius 3 is 3.00 bits per heavy atom. The summed E-state index contributed by atoms with van der Waals surface area (Å²) < 4.78 is 1.58. The van der Waals surface area contributed by atoms with Gasteiger partial charge in [-0.15, -0.1) is 0 Å². The van der Waals surface area contributed by atoms with Crippen molar-refractivity contribution in [2.24, 2.45) is 7.05 Å². The van der Waals surface area contributed by atoms with Gasteiger partial charge in [0.05, 0.1) is 0 Å². The number of amides is 1. The molecule has 1 rings (SSSR count). The lowest BCUT2D eigenvalue weighted by atomic mass is 10.3. The van der Waals surface area contributed by atoms with Gasteiger partial charge in [-0.05, 0) is 11.6 Å². The number of hydrogen-bond donors (Lipinski definition) is 1. The lowest BCUT2D eigenvalue weighted by Gasteiger charge is -2.01. The second kappa shape index (κ2) is 4.41. The van der Waals surface area contributed by atoms with E-state index in [-0.39, 0.29) is 5.91 Å². The van der Waals surface area contributed by atoms with E-state index >= 15 is 0 Å². The fourth-order valence-corrected chi connectivity index (χ4v) is 0.893. The van der Waals surface area contributed by atoms with E-state index in [0.717, 1.165) is 5.57 Å². The third-order valence-electron chi connectivity index (χ3n) is 1.71. The zero-order chi connectivity index (χ0) is 10.6. The largest absolute Gasteiger partial charge is 0.347 e. The monoisotopic (exact) mass is 191 g/mol. The van der Waals surface area contributed by atoms with E-state index in [1.807, 2.05) is 0 Å². The lowest BCUT2D eigenvalue weighted by molar-refractivity contribution is 0.0951. The molecule has 0 saturated carbocycles. The van der Waals surface area contributed by atoms with Crippen LogP contribution in [0.1, 0.15) is 10.5 Å². The number of carbonyl (C=O) groups is 1. The molecule has 0 unspecified atom stereocenters. The minimum Gasteiger partial charge on any atom is -0.347 e. The van der Waals surface area contributed by atoms with E-state index in [1.54, 1.807) is 30.1 Å². The van der Waals surface area contributed by atoms with Crippen LogP contribution in [0.5, 0.6) is 0 Å². The fraction of sp³-hybridized carbons (Fsp3) is 0.200.